The highest BCUT2D eigenvalue weighted by Crippen LogP contribution is 2.14. The molecule has 0 aliphatic carbocycles. The highest BCUT2D eigenvalue weighted by atomic mass is 16.3. The van der Waals surface area contributed by atoms with Gasteiger partial charge in [-0.3, -0.25) is 0 Å². The van der Waals surface area contributed by atoms with Crippen molar-refractivity contribution in [1.29, 1.82) is 0 Å². The average molecular weight is 579 g/mol. The zero-order chi connectivity index (χ0) is 30.3. The van der Waals surface area contributed by atoms with Crippen molar-refractivity contribution >= 4 is 0 Å². The lowest BCUT2D eigenvalue weighted by atomic mass is 10.1. The monoisotopic (exact) mass is 579 g/mol. The van der Waals surface area contributed by atoms with Crippen LogP contribution in [0.3, 0.4) is 0 Å². The highest BCUT2D eigenvalue weighted by Gasteiger charge is 2.13. The van der Waals surface area contributed by atoms with E-state index < -0.39 is 0 Å². The first-order valence-electron chi connectivity index (χ1n) is 18.4. The molecular formula is C38H76NO2+. The third kappa shape index (κ3) is 32.1. The number of aliphatic hydroxyl groups excluding tert-OH is 2. The molecular weight excluding hydrogens is 502 g/mol. The zero-order valence-corrected chi connectivity index (χ0v) is 28.6. The summed E-state index contributed by atoms with van der Waals surface area (Å²) >= 11 is 0. The van der Waals surface area contributed by atoms with Crippen LogP contribution in [0.4, 0.5) is 0 Å². The Bertz CT molecular complexity index is 523. The molecule has 2 N–H and O–H groups in total. The van der Waals surface area contributed by atoms with Crippen LogP contribution in [0.25, 0.3) is 0 Å². The van der Waals surface area contributed by atoms with Crippen LogP contribution in [0, 0.1) is 0 Å². The van der Waals surface area contributed by atoms with Crippen LogP contribution >= 0.6 is 0 Å². The SMILES string of the molecule is CCCCCC[C@@H](O)CC=CCCCCCCCC[N+](C)(C)CCCCCCCCC=CC[C@H](O)CCCCCC. The van der Waals surface area contributed by atoms with Crippen molar-refractivity contribution in [3.8, 4) is 0 Å². The minimum atomic E-state index is -0.134. The van der Waals surface area contributed by atoms with Gasteiger partial charge in [-0.1, -0.05) is 128 Å². The zero-order valence-electron chi connectivity index (χ0n) is 28.6. The van der Waals surface area contributed by atoms with Gasteiger partial charge in [-0.15, -0.1) is 0 Å². The lowest BCUT2D eigenvalue weighted by Gasteiger charge is -2.30. The molecule has 0 bridgehead atoms. The Morgan fingerprint density at radius 3 is 1.17 bits per heavy atom. The van der Waals surface area contributed by atoms with Crippen molar-refractivity contribution in [2.75, 3.05) is 27.2 Å². The molecule has 0 aromatic heterocycles. The van der Waals surface area contributed by atoms with Gasteiger partial charge in [-0.2, -0.15) is 0 Å². The third-order valence-electron chi connectivity index (χ3n) is 8.70. The number of rotatable bonds is 32. The number of allylic oxidation sites excluding steroid dienone is 2. The van der Waals surface area contributed by atoms with Crippen LogP contribution in [0.5, 0.6) is 0 Å². The number of unbranched alkanes of at least 4 members (excludes halogenated alkanes) is 18. The summed E-state index contributed by atoms with van der Waals surface area (Å²) in [6.07, 6.45) is 41.0. The van der Waals surface area contributed by atoms with Crippen LogP contribution in [-0.4, -0.2) is 54.1 Å². The molecule has 0 heterocycles. The molecule has 0 radical (unpaired) electrons. The highest BCUT2D eigenvalue weighted by molar-refractivity contribution is 4.84. The smallest absolute Gasteiger partial charge is 0.0782 e. The van der Waals surface area contributed by atoms with Gasteiger partial charge in [0, 0.05) is 0 Å². The number of aliphatic hydroxyl groups is 2. The van der Waals surface area contributed by atoms with E-state index in [1.165, 1.54) is 159 Å². The maximum Gasteiger partial charge on any atom is 0.0782 e. The Balaban J connectivity index is 3.47. The summed E-state index contributed by atoms with van der Waals surface area (Å²) in [5.74, 6) is 0. The van der Waals surface area contributed by atoms with Gasteiger partial charge >= 0.3 is 0 Å². The molecule has 0 saturated carbocycles. The van der Waals surface area contributed by atoms with Gasteiger partial charge in [-0.25, -0.2) is 0 Å². The van der Waals surface area contributed by atoms with Crippen molar-refractivity contribution in [1.82, 2.24) is 0 Å². The van der Waals surface area contributed by atoms with Gasteiger partial charge < -0.3 is 14.7 Å². The van der Waals surface area contributed by atoms with Crippen LogP contribution in [0.1, 0.15) is 181 Å². The molecule has 0 rings (SSSR count). The Morgan fingerprint density at radius 1 is 0.439 bits per heavy atom. The minimum absolute atomic E-state index is 0.134. The summed E-state index contributed by atoms with van der Waals surface area (Å²) < 4.78 is 1.19. The van der Waals surface area contributed by atoms with E-state index in [0.29, 0.717) is 0 Å². The predicted octanol–water partition coefficient (Wildman–Crippen LogP) is 11.1. The van der Waals surface area contributed by atoms with Crippen LogP contribution in [0.2, 0.25) is 0 Å². The van der Waals surface area contributed by atoms with Crippen molar-refractivity contribution in [3.05, 3.63) is 24.3 Å². The number of nitrogens with zero attached hydrogens (tertiary/aromatic N) is 1. The summed E-state index contributed by atoms with van der Waals surface area (Å²) in [5.41, 5.74) is 0. The van der Waals surface area contributed by atoms with Gasteiger partial charge in [0.15, 0.2) is 0 Å². The largest absolute Gasteiger partial charge is 0.393 e. The van der Waals surface area contributed by atoms with Gasteiger partial charge in [0.05, 0.1) is 39.4 Å². The first-order chi connectivity index (χ1) is 19.9. The van der Waals surface area contributed by atoms with E-state index >= 15 is 0 Å². The molecule has 244 valence electrons. The van der Waals surface area contributed by atoms with Crippen LogP contribution < -0.4 is 0 Å². The number of hydrogen-bond donors (Lipinski definition) is 2. The van der Waals surface area contributed by atoms with Gasteiger partial charge in [0.1, 0.15) is 0 Å². The Morgan fingerprint density at radius 2 is 0.780 bits per heavy atom. The molecule has 0 unspecified atom stereocenters. The van der Waals surface area contributed by atoms with E-state index in [2.05, 4.69) is 52.2 Å². The Labute approximate surface area is 258 Å². The first kappa shape index (κ1) is 40.4. The third-order valence-corrected chi connectivity index (χ3v) is 8.70. The molecule has 41 heavy (non-hydrogen) atoms. The molecule has 0 fully saturated rings. The number of hydrogen-bond acceptors (Lipinski definition) is 2. The molecule has 0 aliphatic heterocycles. The summed E-state index contributed by atoms with van der Waals surface area (Å²) in [7, 11) is 4.84. The van der Waals surface area contributed by atoms with Crippen LogP contribution in [0.15, 0.2) is 24.3 Å². The fraction of sp³-hybridized carbons (Fsp3) is 0.895. The van der Waals surface area contributed by atoms with Crippen molar-refractivity contribution in [2.24, 2.45) is 0 Å². The second-order valence-corrected chi connectivity index (χ2v) is 13.6. The molecule has 0 saturated heterocycles. The fourth-order valence-electron chi connectivity index (χ4n) is 5.72. The second kappa shape index (κ2) is 30.8. The molecule has 0 aromatic rings. The second-order valence-electron chi connectivity index (χ2n) is 13.6. The average Bonchev–Trinajstić information content (AvgIpc) is 2.95. The maximum atomic E-state index is 10.0. The van der Waals surface area contributed by atoms with E-state index in [9.17, 15) is 10.2 Å². The van der Waals surface area contributed by atoms with Crippen molar-refractivity contribution in [3.63, 3.8) is 0 Å². The molecule has 0 amide bonds. The lowest BCUT2D eigenvalue weighted by Crippen LogP contribution is -2.41. The minimum Gasteiger partial charge on any atom is -0.393 e. The van der Waals surface area contributed by atoms with Crippen LogP contribution in [-0.2, 0) is 0 Å². The normalized spacial score (nSPS) is 14.0. The quantitative estimate of drug-likeness (QED) is 0.0473. The molecule has 0 spiro atoms. The predicted molar refractivity (Wildman–Crippen MR) is 184 cm³/mol. The first-order valence-corrected chi connectivity index (χ1v) is 18.4. The van der Waals surface area contributed by atoms with E-state index in [1.54, 1.807) is 0 Å². The fourth-order valence-corrected chi connectivity index (χ4v) is 5.72. The van der Waals surface area contributed by atoms with E-state index in [-0.39, 0.29) is 12.2 Å². The molecule has 3 nitrogen and oxygen atoms in total. The summed E-state index contributed by atoms with van der Waals surface area (Å²) in [6, 6.07) is 0. The molecule has 3 heteroatoms. The van der Waals surface area contributed by atoms with Gasteiger partial charge in [0.2, 0.25) is 0 Å². The molecule has 0 aliphatic rings. The topological polar surface area (TPSA) is 40.5 Å². The van der Waals surface area contributed by atoms with Crippen molar-refractivity contribution in [2.45, 2.75) is 193 Å². The maximum absolute atomic E-state index is 10.0. The van der Waals surface area contributed by atoms with Gasteiger partial charge in [0.25, 0.3) is 0 Å². The molecule has 2 atom stereocenters. The summed E-state index contributed by atoms with van der Waals surface area (Å²) in [4.78, 5) is 0. The van der Waals surface area contributed by atoms with Crippen molar-refractivity contribution < 1.29 is 14.7 Å². The standard InChI is InChI=1S/C38H76NO2/c1-5-7-9-25-31-37(40)33-27-21-17-13-11-15-19-23-29-35-39(3,4)36-30-24-20-16-12-14-18-22-28-34-38(41)32-26-10-8-6-2/h21-22,27-28,37-38,40-41H,5-20,23-26,29-36H2,1-4H3/q+1/t37-,38-/m1/s1. The van der Waals surface area contributed by atoms with E-state index in [1.807, 2.05) is 0 Å². The summed E-state index contributed by atoms with van der Waals surface area (Å²) in [5, 5.41) is 20.1. The summed E-state index contributed by atoms with van der Waals surface area (Å²) in [6.45, 7) is 7.11. The van der Waals surface area contributed by atoms with Gasteiger partial charge in [-0.05, 0) is 77.0 Å². The Kier molecular flexibility index (Phi) is 30.3. The van der Waals surface area contributed by atoms with E-state index in [4.69, 9.17) is 0 Å². The Hall–Kier alpha value is -0.640. The lowest BCUT2D eigenvalue weighted by molar-refractivity contribution is -0.890. The number of quaternary nitrogens is 1. The van der Waals surface area contributed by atoms with E-state index in [0.717, 1.165) is 25.7 Å². The molecule has 0 aromatic carbocycles.